The van der Waals surface area contributed by atoms with Crippen molar-refractivity contribution in [1.29, 1.82) is 0 Å². The van der Waals surface area contributed by atoms with Gasteiger partial charge in [0.2, 0.25) is 5.91 Å². The fraction of sp³-hybridized carbons (Fsp3) is 0.0714. The van der Waals surface area contributed by atoms with Crippen LogP contribution in [0.4, 0.5) is 15.8 Å². The molecule has 7 heteroatoms. The summed E-state index contributed by atoms with van der Waals surface area (Å²) in [6.07, 6.45) is 0. The van der Waals surface area contributed by atoms with Crippen LogP contribution in [0.1, 0.15) is 0 Å². The molecule has 0 bridgehead atoms. The number of rotatable bonds is 4. The Kier molecular flexibility index (Phi) is 5.45. The van der Waals surface area contributed by atoms with Crippen LogP contribution < -0.4 is 10.6 Å². The molecule has 0 aliphatic rings. The van der Waals surface area contributed by atoms with Gasteiger partial charge in [0.15, 0.2) is 0 Å². The predicted molar refractivity (Wildman–Crippen MR) is 87.7 cm³/mol. The Morgan fingerprint density at radius 1 is 1.10 bits per heavy atom. The molecule has 0 atom stereocenters. The predicted octanol–water partition coefficient (Wildman–Crippen LogP) is 4.95. The van der Waals surface area contributed by atoms with Crippen molar-refractivity contribution in [2.45, 2.75) is 0 Å². The van der Waals surface area contributed by atoms with Crippen LogP contribution in [0.5, 0.6) is 0 Å². The lowest BCUT2D eigenvalue weighted by molar-refractivity contribution is -0.114. The highest BCUT2D eigenvalue weighted by Crippen LogP contribution is 2.35. The van der Waals surface area contributed by atoms with Crippen LogP contribution in [0.2, 0.25) is 10.0 Å². The Bertz CT molecular complexity index is 682. The van der Waals surface area contributed by atoms with E-state index < -0.39 is 11.7 Å². The van der Waals surface area contributed by atoms with E-state index in [1.54, 1.807) is 24.3 Å². The molecule has 3 nitrogen and oxygen atoms in total. The molecule has 0 aliphatic carbocycles. The highest BCUT2D eigenvalue weighted by Gasteiger charge is 2.10. The number of halogens is 4. The van der Waals surface area contributed by atoms with Gasteiger partial charge in [0.1, 0.15) is 5.82 Å². The van der Waals surface area contributed by atoms with Crippen molar-refractivity contribution in [3.63, 3.8) is 0 Å². The van der Waals surface area contributed by atoms with Gasteiger partial charge in [0, 0.05) is 4.47 Å². The van der Waals surface area contributed by atoms with Gasteiger partial charge < -0.3 is 10.6 Å². The lowest BCUT2D eigenvalue weighted by atomic mass is 10.3. The third kappa shape index (κ3) is 4.09. The third-order valence-corrected chi connectivity index (χ3v) is 4.39. The summed E-state index contributed by atoms with van der Waals surface area (Å²) >= 11 is 15.3. The fourth-order valence-corrected chi connectivity index (χ4v) is 2.44. The van der Waals surface area contributed by atoms with Gasteiger partial charge >= 0.3 is 0 Å². The maximum absolute atomic E-state index is 13.4. The van der Waals surface area contributed by atoms with E-state index in [2.05, 4.69) is 26.6 Å². The first kappa shape index (κ1) is 16.1. The Morgan fingerprint density at radius 2 is 1.81 bits per heavy atom. The molecule has 2 aromatic rings. The Hall–Kier alpha value is -1.30. The number of benzene rings is 2. The van der Waals surface area contributed by atoms with Crippen molar-refractivity contribution in [3.8, 4) is 0 Å². The van der Waals surface area contributed by atoms with Gasteiger partial charge in [-0.15, -0.1) is 0 Å². The number of nitrogens with one attached hydrogen (secondary N) is 2. The van der Waals surface area contributed by atoms with Crippen LogP contribution in [-0.2, 0) is 4.79 Å². The number of para-hydroxylation sites is 1. The lowest BCUT2D eigenvalue weighted by Gasteiger charge is -2.11. The van der Waals surface area contributed by atoms with Gasteiger partial charge in [-0.1, -0.05) is 35.3 Å². The summed E-state index contributed by atoms with van der Waals surface area (Å²) in [6, 6.07) is 9.34. The van der Waals surface area contributed by atoms with Gasteiger partial charge in [0.05, 0.1) is 28.0 Å². The number of hydrogen-bond donors (Lipinski definition) is 2. The van der Waals surface area contributed by atoms with E-state index in [1.807, 2.05) is 0 Å². The zero-order valence-corrected chi connectivity index (χ0v) is 13.7. The van der Waals surface area contributed by atoms with Gasteiger partial charge in [0.25, 0.3) is 0 Å². The molecule has 0 saturated heterocycles. The normalized spacial score (nSPS) is 10.3. The van der Waals surface area contributed by atoms with Crippen molar-refractivity contribution in [2.75, 3.05) is 17.2 Å². The van der Waals surface area contributed by atoms with Crippen LogP contribution >= 0.6 is 39.1 Å². The molecule has 2 aromatic carbocycles. The van der Waals surface area contributed by atoms with Gasteiger partial charge in [-0.05, 0) is 40.2 Å². The standard InChI is InChI=1S/C14H10BrCl2FN2O/c15-8-5-6-11(14(17)13(8)16)19-7-12(21)20-10-4-2-1-3-9(10)18/h1-6,19H,7H2,(H,20,21). The summed E-state index contributed by atoms with van der Waals surface area (Å²) < 4.78 is 14.1. The topological polar surface area (TPSA) is 41.1 Å². The van der Waals surface area contributed by atoms with E-state index in [9.17, 15) is 9.18 Å². The molecular weight excluding hydrogens is 382 g/mol. The van der Waals surface area contributed by atoms with Crippen LogP contribution in [-0.4, -0.2) is 12.5 Å². The van der Waals surface area contributed by atoms with E-state index in [4.69, 9.17) is 23.2 Å². The average Bonchev–Trinajstić information content (AvgIpc) is 2.46. The zero-order valence-electron chi connectivity index (χ0n) is 10.6. The molecule has 0 radical (unpaired) electrons. The summed E-state index contributed by atoms with van der Waals surface area (Å²) in [5.74, 6) is -0.884. The number of carbonyl (C=O) groups excluding carboxylic acids is 1. The average molecular weight is 392 g/mol. The molecule has 2 rings (SSSR count). The van der Waals surface area contributed by atoms with Gasteiger partial charge in [-0.2, -0.15) is 0 Å². The molecular formula is C14H10BrCl2FN2O. The molecule has 0 fully saturated rings. The molecule has 0 spiro atoms. The summed E-state index contributed by atoms with van der Waals surface area (Å²) in [4.78, 5) is 11.8. The molecule has 2 N–H and O–H groups in total. The van der Waals surface area contributed by atoms with Gasteiger partial charge in [-0.3, -0.25) is 4.79 Å². The summed E-state index contributed by atoms with van der Waals surface area (Å²) in [5.41, 5.74) is 0.651. The quantitative estimate of drug-likeness (QED) is 0.724. The van der Waals surface area contributed by atoms with Crippen LogP contribution in [0.15, 0.2) is 40.9 Å². The minimum absolute atomic E-state index is 0.0635. The van der Waals surface area contributed by atoms with E-state index in [0.717, 1.165) is 0 Å². The van der Waals surface area contributed by atoms with Crippen LogP contribution in [0.3, 0.4) is 0 Å². The molecule has 0 unspecified atom stereocenters. The Balaban J connectivity index is 1.99. The first-order valence-corrected chi connectivity index (χ1v) is 7.45. The summed E-state index contributed by atoms with van der Waals surface area (Å²) in [6.45, 7) is -0.0635. The smallest absolute Gasteiger partial charge is 0.243 e. The molecule has 1 amide bonds. The van der Waals surface area contributed by atoms with Crippen molar-refractivity contribution < 1.29 is 9.18 Å². The van der Waals surface area contributed by atoms with E-state index in [0.29, 0.717) is 20.2 Å². The summed E-state index contributed by atoms with van der Waals surface area (Å²) in [7, 11) is 0. The van der Waals surface area contributed by atoms with Crippen LogP contribution in [0.25, 0.3) is 0 Å². The highest BCUT2D eigenvalue weighted by atomic mass is 79.9. The second-order valence-electron chi connectivity index (χ2n) is 4.10. The number of amides is 1. The molecule has 21 heavy (non-hydrogen) atoms. The Morgan fingerprint density at radius 3 is 2.52 bits per heavy atom. The van der Waals surface area contributed by atoms with Crippen molar-refractivity contribution in [3.05, 3.63) is 56.7 Å². The highest BCUT2D eigenvalue weighted by molar-refractivity contribution is 9.10. The van der Waals surface area contributed by atoms with Crippen molar-refractivity contribution in [2.24, 2.45) is 0 Å². The number of carbonyl (C=O) groups is 1. The molecule has 0 saturated carbocycles. The van der Waals surface area contributed by atoms with E-state index >= 15 is 0 Å². The summed E-state index contributed by atoms with van der Waals surface area (Å²) in [5, 5.41) is 5.98. The van der Waals surface area contributed by atoms with Gasteiger partial charge in [-0.25, -0.2) is 4.39 Å². The van der Waals surface area contributed by atoms with Crippen molar-refractivity contribution in [1.82, 2.24) is 0 Å². The minimum atomic E-state index is -0.490. The largest absolute Gasteiger partial charge is 0.375 e. The van der Waals surface area contributed by atoms with Crippen LogP contribution in [0, 0.1) is 5.82 Å². The SMILES string of the molecule is O=C(CNc1ccc(Br)c(Cl)c1Cl)Nc1ccccc1F. The number of anilines is 2. The monoisotopic (exact) mass is 390 g/mol. The first-order chi connectivity index (χ1) is 9.99. The van der Waals surface area contributed by atoms with E-state index in [1.165, 1.54) is 12.1 Å². The maximum atomic E-state index is 13.4. The molecule has 0 aliphatic heterocycles. The molecule has 0 aromatic heterocycles. The second-order valence-corrected chi connectivity index (χ2v) is 5.71. The molecule has 0 heterocycles. The maximum Gasteiger partial charge on any atom is 0.243 e. The lowest BCUT2D eigenvalue weighted by Crippen LogP contribution is -2.22. The molecule has 110 valence electrons. The third-order valence-electron chi connectivity index (χ3n) is 2.62. The first-order valence-electron chi connectivity index (χ1n) is 5.91. The Labute approximate surface area is 139 Å². The zero-order chi connectivity index (χ0) is 15.4. The second kappa shape index (κ2) is 7.11. The number of hydrogen-bond acceptors (Lipinski definition) is 2. The fourth-order valence-electron chi connectivity index (χ4n) is 1.59. The minimum Gasteiger partial charge on any atom is -0.375 e. The van der Waals surface area contributed by atoms with Crippen molar-refractivity contribution >= 4 is 56.4 Å². The van der Waals surface area contributed by atoms with E-state index in [-0.39, 0.29) is 12.2 Å².